The van der Waals surface area contributed by atoms with E-state index in [1.54, 1.807) is 12.5 Å². The van der Waals surface area contributed by atoms with Crippen LogP contribution in [0.1, 0.15) is 39.8 Å². The smallest absolute Gasteiger partial charge is 0.348 e. The second kappa shape index (κ2) is 11.8. The minimum absolute atomic E-state index is 0.365. The fourth-order valence-electron chi connectivity index (χ4n) is 1.66. The fraction of sp³-hybridized carbons (Fsp3) is 0.625. The molecule has 22 heavy (non-hydrogen) atoms. The first kappa shape index (κ1) is 20.2. The number of carbonyl (C=O) groups is 1. The molecule has 2 rings (SSSR count). The van der Waals surface area contributed by atoms with Crippen LogP contribution in [0.5, 0.6) is 0 Å². The third-order valence-corrected chi connectivity index (χ3v) is 2.36. The summed E-state index contributed by atoms with van der Waals surface area (Å²) in [7, 11) is 3.75. The number of amides is 2. The van der Waals surface area contributed by atoms with Crippen molar-refractivity contribution in [2.24, 2.45) is 21.8 Å². The average Bonchev–Trinajstić information content (AvgIpc) is 3.02. The number of aromatic nitrogens is 2. The summed E-state index contributed by atoms with van der Waals surface area (Å²) in [5, 5.41) is 2.75. The Hall–Kier alpha value is -1.82. The highest BCUT2D eigenvalue weighted by atomic mass is 16.2. The van der Waals surface area contributed by atoms with Gasteiger partial charge >= 0.3 is 6.03 Å². The average molecular weight is 307 g/mol. The SMILES string of the molecule is CC(C)CC1=NC(=O)N=C1.CC(C)Cc1cnc[nH]1.CNC. The Morgan fingerprint density at radius 3 is 2.09 bits per heavy atom. The highest BCUT2D eigenvalue weighted by Gasteiger charge is 2.08. The van der Waals surface area contributed by atoms with E-state index in [1.807, 2.05) is 20.3 Å². The van der Waals surface area contributed by atoms with Crippen molar-refractivity contribution in [1.82, 2.24) is 15.3 Å². The van der Waals surface area contributed by atoms with E-state index >= 15 is 0 Å². The zero-order chi connectivity index (χ0) is 17.0. The molecule has 1 aromatic rings. The molecule has 1 aromatic heterocycles. The Morgan fingerprint density at radius 2 is 1.73 bits per heavy atom. The molecule has 6 heteroatoms. The standard InChI is InChI=1S/C7H10N2O.C7H12N2.C2H7N/c1-5(2)3-6-4-8-7(10)9-6;1-6(2)3-7-4-8-5-9-7;1-3-2/h4-5H,3H2,1-2H3;4-6H,3H2,1-2H3,(H,8,9);3H,1-2H3. The van der Waals surface area contributed by atoms with Crippen LogP contribution in [-0.2, 0) is 6.42 Å². The van der Waals surface area contributed by atoms with Crippen molar-refractivity contribution < 1.29 is 4.79 Å². The number of nitrogens with zero attached hydrogens (tertiary/aromatic N) is 3. The molecule has 2 N–H and O–H groups in total. The quantitative estimate of drug-likeness (QED) is 0.896. The molecule has 2 amide bonds. The van der Waals surface area contributed by atoms with Gasteiger partial charge in [-0.1, -0.05) is 27.7 Å². The maximum absolute atomic E-state index is 10.4. The molecule has 0 unspecified atom stereocenters. The van der Waals surface area contributed by atoms with Crippen LogP contribution in [0.2, 0.25) is 0 Å². The van der Waals surface area contributed by atoms with Crippen LogP contribution in [0.3, 0.4) is 0 Å². The van der Waals surface area contributed by atoms with Gasteiger partial charge in [-0.15, -0.1) is 0 Å². The van der Waals surface area contributed by atoms with Crippen molar-refractivity contribution in [2.45, 2.75) is 40.5 Å². The first-order valence-electron chi connectivity index (χ1n) is 7.60. The van der Waals surface area contributed by atoms with Crippen LogP contribution in [-0.4, -0.2) is 42.0 Å². The normalized spacial score (nSPS) is 12.7. The number of aliphatic imine (C=N–C) groups is 2. The predicted octanol–water partition coefficient (Wildman–Crippen LogP) is 3.12. The molecule has 0 aliphatic carbocycles. The summed E-state index contributed by atoms with van der Waals surface area (Å²) in [6.07, 6.45) is 7.08. The Balaban J connectivity index is 0.000000342. The summed E-state index contributed by atoms with van der Waals surface area (Å²) < 4.78 is 0. The Morgan fingerprint density at radius 1 is 1.14 bits per heavy atom. The van der Waals surface area contributed by atoms with Gasteiger partial charge in [0.15, 0.2) is 0 Å². The van der Waals surface area contributed by atoms with Crippen molar-refractivity contribution >= 4 is 18.0 Å². The molecule has 2 heterocycles. The van der Waals surface area contributed by atoms with E-state index in [4.69, 9.17) is 0 Å². The largest absolute Gasteiger partial charge is 0.367 e. The van der Waals surface area contributed by atoms with Crippen LogP contribution >= 0.6 is 0 Å². The number of hydrogen-bond donors (Lipinski definition) is 2. The molecule has 0 bridgehead atoms. The van der Waals surface area contributed by atoms with E-state index < -0.39 is 0 Å². The Kier molecular flexibility index (Phi) is 10.8. The van der Waals surface area contributed by atoms with Crippen molar-refractivity contribution in [3.63, 3.8) is 0 Å². The van der Waals surface area contributed by atoms with Crippen LogP contribution in [0.15, 0.2) is 22.5 Å². The summed E-state index contributed by atoms with van der Waals surface area (Å²) >= 11 is 0. The number of nitrogens with one attached hydrogen (secondary N) is 2. The molecular formula is C16H29N5O. The Bertz CT molecular complexity index is 461. The topological polar surface area (TPSA) is 82.5 Å². The maximum atomic E-state index is 10.4. The van der Waals surface area contributed by atoms with Crippen LogP contribution in [0.4, 0.5) is 4.79 Å². The molecule has 0 fully saturated rings. The molecule has 0 radical (unpaired) electrons. The van der Waals surface area contributed by atoms with Gasteiger partial charge in [-0.05, 0) is 38.8 Å². The highest BCUT2D eigenvalue weighted by molar-refractivity contribution is 6.37. The second-order valence-electron chi connectivity index (χ2n) is 5.92. The third kappa shape index (κ3) is 10.9. The lowest BCUT2D eigenvalue weighted by Gasteiger charge is -1.98. The summed E-state index contributed by atoms with van der Waals surface area (Å²) in [6.45, 7) is 8.56. The molecule has 124 valence electrons. The highest BCUT2D eigenvalue weighted by Crippen LogP contribution is 2.04. The molecule has 0 saturated heterocycles. The van der Waals surface area contributed by atoms with Crippen molar-refractivity contribution in [2.75, 3.05) is 14.1 Å². The third-order valence-electron chi connectivity index (χ3n) is 2.36. The molecule has 1 aliphatic heterocycles. The zero-order valence-corrected chi connectivity index (χ0v) is 14.6. The van der Waals surface area contributed by atoms with E-state index in [2.05, 4.69) is 53.0 Å². The fourth-order valence-corrected chi connectivity index (χ4v) is 1.66. The molecular weight excluding hydrogens is 278 g/mol. The van der Waals surface area contributed by atoms with Crippen LogP contribution in [0.25, 0.3) is 0 Å². The number of carbonyl (C=O) groups excluding carboxylic acids is 1. The van der Waals surface area contributed by atoms with Crippen LogP contribution < -0.4 is 5.32 Å². The van der Waals surface area contributed by atoms with Gasteiger partial charge in [0.2, 0.25) is 0 Å². The Labute approximate surface area is 133 Å². The number of rotatable bonds is 4. The molecule has 1 aliphatic rings. The van der Waals surface area contributed by atoms with Gasteiger partial charge < -0.3 is 10.3 Å². The van der Waals surface area contributed by atoms with Gasteiger partial charge in [0.1, 0.15) is 0 Å². The lowest BCUT2D eigenvalue weighted by Crippen LogP contribution is -2.01. The monoisotopic (exact) mass is 307 g/mol. The van der Waals surface area contributed by atoms with E-state index in [0.717, 1.165) is 18.6 Å². The van der Waals surface area contributed by atoms with Crippen molar-refractivity contribution in [3.05, 3.63) is 18.2 Å². The molecule has 0 atom stereocenters. The van der Waals surface area contributed by atoms with Crippen molar-refractivity contribution in [3.8, 4) is 0 Å². The minimum Gasteiger partial charge on any atom is -0.348 e. The summed E-state index contributed by atoms with van der Waals surface area (Å²) in [5.41, 5.74) is 2.03. The molecule has 0 aromatic carbocycles. The van der Waals surface area contributed by atoms with Gasteiger partial charge in [-0.2, -0.15) is 9.98 Å². The first-order valence-corrected chi connectivity index (χ1v) is 7.60. The van der Waals surface area contributed by atoms with Gasteiger partial charge in [0.25, 0.3) is 0 Å². The molecule has 0 spiro atoms. The minimum atomic E-state index is -0.365. The number of urea groups is 1. The lowest BCUT2D eigenvalue weighted by molar-refractivity contribution is 0.257. The predicted molar refractivity (Wildman–Crippen MR) is 92.9 cm³/mol. The number of imidazole rings is 1. The number of hydrogen-bond acceptors (Lipinski definition) is 3. The van der Waals surface area contributed by atoms with E-state index in [1.165, 1.54) is 5.69 Å². The van der Waals surface area contributed by atoms with Gasteiger partial charge in [-0.3, -0.25) is 0 Å². The van der Waals surface area contributed by atoms with Gasteiger partial charge in [-0.25, -0.2) is 9.78 Å². The zero-order valence-electron chi connectivity index (χ0n) is 14.6. The van der Waals surface area contributed by atoms with E-state index in [9.17, 15) is 4.79 Å². The first-order chi connectivity index (χ1) is 10.4. The number of H-pyrrole nitrogens is 1. The van der Waals surface area contributed by atoms with Crippen molar-refractivity contribution in [1.29, 1.82) is 0 Å². The second-order valence-corrected chi connectivity index (χ2v) is 5.92. The van der Waals surface area contributed by atoms with Gasteiger partial charge in [0.05, 0.1) is 18.3 Å². The van der Waals surface area contributed by atoms with E-state index in [0.29, 0.717) is 11.8 Å². The number of aromatic amines is 1. The van der Waals surface area contributed by atoms with Gasteiger partial charge in [0, 0.05) is 11.9 Å². The maximum Gasteiger partial charge on any atom is 0.367 e. The van der Waals surface area contributed by atoms with Crippen LogP contribution in [0, 0.1) is 11.8 Å². The summed E-state index contributed by atoms with van der Waals surface area (Å²) in [5.74, 6) is 1.25. The molecule has 6 nitrogen and oxygen atoms in total. The summed E-state index contributed by atoms with van der Waals surface area (Å²) in [4.78, 5) is 24.6. The lowest BCUT2D eigenvalue weighted by atomic mass is 10.1. The van der Waals surface area contributed by atoms with E-state index in [-0.39, 0.29) is 6.03 Å². The summed E-state index contributed by atoms with van der Waals surface area (Å²) in [6, 6.07) is -0.365. The molecule has 0 saturated carbocycles.